The fraction of sp³-hybridized carbons (Fsp3) is 0.429. The predicted molar refractivity (Wildman–Crippen MR) is 75.8 cm³/mol. The molecule has 0 radical (unpaired) electrons. The first-order chi connectivity index (χ1) is 9.25. The molecule has 110 valence electrons. The van der Waals surface area contributed by atoms with Crippen LogP contribution in [0, 0.1) is 0 Å². The molecule has 0 fully saturated rings. The Morgan fingerprint density at radius 1 is 1.40 bits per heavy atom. The lowest BCUT2D eigenvalue weighted by Gasteiger charge is -2.26. The van der Waals surface area contributed by atoms with E-state index < -0.39 is 11.5 Å². The normalized spacial score (nSPS) is 10.9. The lowest BCUT2D eigenvalue weighted by molar-refractivity contribution is -0.137. The van der Waals surface area contributed by atoms with Crippen molar-refractivity contribution >= 4 is 17.6 Å². The molecule has 0 bridgehead atoms. The zero-order valence-electron chi connectivity index (χ0n) is 11.9. The molecule has 0 aliphatic rings. The largest absolute Gasteiger partial charge is 0.497 e. The summed E-state index contributed by atoms with van der Waals surface area (Å²) in [6.45, 7) is 3.54. The van der Waals surface area contributed by atoms with E-state index in [4.69, 9.17) is 15.6 Å². The van der Waals surface area contributed by atoms with E-state index in [1.165, 1.54) is 7.11 Å². The Morgan fingerprint density at radius 3 is 2.60 bits per heavy atom. The quantitative estimate of drug-likeness (QED) is 0.688. The number of hydrogen-bond acceptors (Lipinski definition) is 4. The number of carboxylic acid groups (broad SMARTS) is 1. The van der Waals surface area contributed by atoms with Crippen molar-refractivity contribution in [2.45, 2.75) is 32.2 Å². The van der Waals surface area contributed by atoms with Crippen LogP contribution in [-0.2, 0) is 4.79 Å². The molecule has 0 aliphatic carbocycles. The highest BCUT2D eigenvalue weighted by molar-refractivity contribution is 5.99. The summed E-state index contributed by atoms with van der Waals surface area (Å²) in [5, 5.41) is 11.5. The van der Waals surface area contributed by atoms with E-state index in [1.54, 1.807) is 32.0 Å². The summed E-state index contributed by atoms with van der Waals surface area (Å²) < 4.78 is 5.06. The molecule has 6 nitrogen and oxygen atoms in total. The molecular weight excluding hydrogens is 260 g/mol. The number of nitrogens with two attached hydrogens (primary N) is 1. The fourth-order valence-electron chi connectivity index (χ4n) is 1.72. The Bertz CT molecular complexity index is 512. The summed E-state index contributed by atoms with van der Waals surface area (Å²) in [5.41, 5.74) is 5.80. The first-order valence-electron chi connectivity index (χ1n) is 6.23. The Balaban J connectivity index is 2.82. The first-order valence-corrected chi connectivity index (χ1v) is 6.23. The van der Waals surface area contributed by atoms with Gasteiger partial charge in [0.25, 0.3) is 5.91 Å². The topological polar surface area (TPSA) is 102 Å². The third-order valence-corrected chi connectivity index (χ3v) is 2.92. The number of nitrogens with one attached hydrogen (secondary N) is 1. The highest BCUT2D eigenvalue weighted by Gasteiger charge is 2.23. The minimum atomic E-state index is -0.895. The third kappa shape index (κ3) is 4.46. The molecule has 1 rings (SSSR count). The summed E-state index contributed by atoms with van der Waals surface area (Å²) in [6, 6.07) is 4.82. The number of aliphatic carboxylic acids is 1. The molecular formula is C14H20N2O4. The monoisotopic (exact) mass is 280 g/mol. The number of methoxy groups -OCH3 is 1. The number of benzene rings is 1. The van der Waals surface area contributed by atoms with Crippen molar-refractivity contribution in [2.24, 2.45) is 0 Å². The van der Waals surface area contributed by atoms with Gasteiger partial charge < -0.3 is 20.9 Å². The number of rotatable bonds is 6. The number of anilines is 1. The number of nitrogen functional groups attached to an aromatic ring is 1. The molecule has 0 saturated carbocycles. The number of carbonyl (C=O) groups excluding carboxylic acids is 1. The number of ether oxygens (including phenoxy) is 1. The van der Waals surface area contributed by atoms with Crippen LogP contribution < -0.4 is 15.8 Å². The van der Waals surface area contributed by atoms with Crippen LogP contribution in [0.5, 0.6) is 5.75 Å². The molecule has 1 aromatic rings. The molecule has 1 aromatic carbocycles. The van der Waals surface area contributed by atoms with Crippen molar-refractivity contribution in [2.75, 3.05) is 12.8 Å². The van der Waals surface area contributed by atoms with E-state index in [-0.39, 0.29) is 12.3 Å². The van der Waals surface area contributed by atoms with E-state index >= 15 is 0 Å². The molecule has 0 unspecified atom stereocenters. The fourth-order valence-corrected chi connectivity index (χ4v) is 1.72. The molecule has 0 aliphatic heterocycles. The van der Waals surface area contributed by atoms with Gasteiger partial charge in [-0.05, 0) is 38.5 Å². The van der Waals surface area contributed by atoms with E-state index in [2.05, 4.69) is 5.32 Å². The minimum absolute atomic E-state index is 0.0130. The Labute approximate surface area is 117 Å². The molecule has 6 heteroatoms. The molecule has 4 N–H and O–H groups in total. The maximum atomic E-state index is 12.2. The Morgan fingerprint density at radius 2 is 2.05 bits per heavy atom. The standard InChI is InChI=1S/C14H20N2O4/c1-14(2,7-6-12(17)18)16-13(19)10-8-9(20-3)4-5-11(10)15/h4-5,8H,6-7,15H2,1-3H3,(H,16,19)(H,17,18). The average molecular weight is 280 g/mol. The lowest BCUT2D eigenvalue weighted by Crippen LogP contribution is -2.43. The van der Waals surface area contributed by atoms with Gasteiger partial charge in [-0.2, -0.15) is 0 Å². The molecule has 0 atom stereocenters. The molecule has 1 amide bonds. The van der Waals surface area contributed by atoms with Crippen LogP contribution in [0.1, 0.15) is 37.0 Å². The second-order valence-electron chi connectivity index (χ2n) is 5.18. The molecule has 0 heterocycles. The first kappa shape index (κ1) is 15.8. The summed E-state index contributed by atoms with van der Waals surface area (Å²) in [7, 11) is 1.50. The average Bonchev–Trinajstić information content (AvgIpc) is 2.36. The van der Waals surface area contributed by atoms with Gasteiger partial charge in [0.1, 0.15) is 5.75 Å². The van der Waals surface area contributed by atoms with Crippen LogP contribution in [0.15, 0.2) is 18.2 Å². The van der Waals surface area contributed by atoms with Crippen molar-refractivity contribution in [3.63, 3.8) is 0 Å². The second kappa shape index (κ2) is 6.27. The Hall–Kier alpha value is -2.24. The SMILES string of the molecule is COc1ccc(N)c(C(=O)NC(C)(C)CCC(=O)O)c1. The second-order valence-corrected chi connectivity index (χ2v) is 5.18. The van der Waals surface area contributed by atoms with Crippen LogP contribution in [0.25, 0.3) is 0 Å². The van der Waals surface area contributed by atoms with Gasteiger partial charge in [0.05, 0.1) is 12.7 Å². The van der Waals surface area contributed by atoms with E-state index in [0.29, 0.717) is 23.4 Å². The van der Waals surface area contributed by atoms with Crippen molar-refractivity contribution in [3.05, 3.63) is 23.8 Å². The van der Waals surface area contributed by atoms with Crippen molar-refractivity contribution in [1.82, 2.24) is 5.32 Å². The molecule has 0 saturated heterocycles. The summed E-state index contributed by atoms with van der Waals surface area (Å²) in [5.74, 6) is -0.710. The number of carboxylic acids is 1. The van der Waals surface area contributed by atoms with Crippen LogP contribution in [-0.4, -0.2) is 29.6 Å². The third-order valence-electron chi connectivity index (χ3n) is 2.92. The van der Waals surface area contributed by atoms with Crippen LogP contribution in [0.3, 0.4) is 0 Å². The number of carbonyl (C=O) groups is 2. The smallest absolute Gasteiger partial charge is 0.303 e. The van der Waals surface area contributed by atoms with Crippen LogP contribution in [0.4, 0.5) is 5.69 Å². The summed E-state index contributed by atoms with van der Waals surface area (Å²) in [6.07, 6.45) is 0.318. The zero-order chi connectivity index (χ0) is 15.3. The van der Waals surface area contributed by atoms with Crippen molar-refractivity contribution in [3.8, 4) is 5.75 Å². The van der Waals surface area contributed by atoms with Gasteiger partial charge in [-0.15, -0.1) is 0 Å². The molecule has 20 heavy (non-hydrogen) atoms. The van der Waals surface area contributed by atoms with Gasteiger partial charge in [-0.3, -0.25) is 9.59 Å². The van der Waals surface area contributed by atoms with Gasteiger partial charge in [0.2, 0.25) is 0 Å². The van der Waals surface area contributed by atoms with Gasteiger partial charge in [-0.1, -0.05) is 0 Å². The van der Waals surface area contributed by atoms with Gasteiger partial charge in [0, 0.05) is 17.6 Å². The van der Waals surface area contributed by atoms with Crippen molar-refractivity contribution in [1.29, 1.82) is 0 Å². The van der Waals surface area contributed by atoms with E-state index in [0.717, 1.165) is 0 Å². The number of hydrogen-bond donors (Lipinski definition) is 3. The van der Waals surface area contributed by atoms with E-state index in [9.17, 15) is 9.59 Å². The zero-order valence-corrected chi connectivity index (χ0v) is 11.9. The molecule has 0 aromatic heterocycles. The van der Waals surface area contributed by atoms with Gasteiger partial charge in [-0.25, -0.2) is 0 Å². The highest BCUT2D eigenvalue weighted by Crippen LogP contribution is 2.21. The van der Waals surface area contributed by atoms with Gasteiger partial charge >= 0.3 is 5.97 Å². The Kier molecular flexibility index (Phi) is 4.96. The minimum Gasteiger partial charge on any atom is -0.497 e. The van der Waals surface area contributed by atoms with Crippen molar-refractivity contribution < 1.29 is 19.4 Å². The summed E-state index contributed by atoms with van der Waals surface area (Å²) in [4.78, 5) is 22.8. The predicted octanol–water partition coefficient (Wildman–Crippen LogP) is 1.65. The summed E-state index contributed by atoms with van der Waals surface area (Å²) >= 11 is 0. The maximum absolute atomic E-state index is 12.2. The number of amides is 1. The maximum Gasteiger partial charge on any atom is 0.303 e. The molecule has 0 spiro atoms. The van der Waals surface area contributed by atoms with E-state index in [1.807, 2.05) is 0 Å². The lowest BCUT2D eigenvalue weighted by atomic mass is 9.97. The van der Waals surface area contributed by atoms with Crippen LogP contribution >= 0.6 is 0 Å². The highest BCUT2D eigenvalue weighted by atomic mass is 16.5. The van der Waals surface area contributed by atoms with Gasteiger partial charge in [0.15, 0.2) is 0 Å². The van der Waals surface area contributed by atoms with Crippen LogP contribution in [0.2, 0.25) is 0 Å².